The fourth-order valence-electron chi connectivity index (χ4n) is 5.67. The molecule has 2 aliphatic heterocycles. The van der Waals surface area contributed by atoms with Gasteiger partial charge in [0.05, 0.1) is 0 Å². The first-order valence-corrected chi connectivity index (χ1v) is 15.1. The van der Waals surface area contributed by atoms with E-state index in [2.05, 4.69) is 63.3 Å². The molecule has 0 N–H and O–H groups in total. The lowest BCUT2D eigenvalue weighted by Crippen LogP contribution is -2.27. The number of benzene rings is 1. The minimum absolute atomic E-state index is 0.0116. The minimum Gasteiger partial charge on any atom is -0.135 e. The normalized spacial score (nSPS) is 29.9. The molecule has 0 nitrogen and oxygen atoms in total. The van der Waals surface area contributed by atoms with Crippen LogP contribution >= 0.6 is 27.2 Å². The Labute approximate surface area is 173 Å². The zero-order valence-corrected chi connectivity index (χ0v) is 20.2. The Morgan fingerprint density at radius 2 is 1.22 bits per heavy atom. The predicted molar refractivity (Wildman–Crippen MR) is 130 cm³/mol. The van der Waals surface area contributed by atoms with Gasteiger partial charge < -0.3 is 0 Å². The van der Waals surface area contributed by atoms with Gasteiger partial charge in [0.15, 0.2) is 0 Å². The summed E-state index contributed by atoms with van der Waals surface area (Å²) in [5, 5.41) is 3.56. The van der Waals surface area contributed by atoms with Crippen LogP contribution in [0.25, 0.3) is 10.1 Å². The van der Waals surface area contributed by atoms with Crippen molar-refractivity contribution in [3.8, 4) is 0 Å². The second-order valence-corrected chi connectivity index (χ2v) is 15.3. The van der Waals surface area contributed by atoms with Crippen LogP contribution in [0, 0.1) is 0 Å². The van der Waals surface area contributed by atoms with E-state index in [1.807, 2.05) is 9.92 Å². The van der Waals surface area contributed by atoms with Crippen LogP contribution < -0.4 is 9.92 Å². The topological polar surface area (TPSA) is 0 Å². The molecule has 0 radical (unpaired) electrons. The summed E-state index contributed by atoms with van der Waals surface area (Å²) in [4.78, 5) is 0. The van der Waals surface area contributed by atoms with Crippen LogP contribution in [0.5, 0.6) is 0 Å². The van der Waals surface area contributed by atoms with E-state index >= 15 is 0 Å². The molecule has 2 saturated heterocycles. The van der Waals surface area contributed by atoms with Crippen molar-refractivity contribution in [3.05, 3.63) is 24.3 Å². The fourth-order valence-corrected chi connectivity index (χ4v) is 16.3. The van der Waals surface area contributed by atoms with Crippen LogP contribution in [-0.4, -0.2) is 22.6 Å². The largest absolute Gasteiger partial charge is 0.135 e. The molecule has 3 heteroatoms. The Kier molecular flexibility index (Phi) is 6.63. The maximum absolute atomic E-state index is 2.47. The van der Waals surface area contributed by atoms with Crippen LogP contribution in [0.4, 0.5) is 0 Å². The number of thiophene rings is 1. The van der Waals surface area contributed by atoms with Crippen molar-refractivity contribution in [2.45, 2.75) is 102 Å². The first kappa shape index (κ1) is 20.3. The molecule has 1 aromatic heterocycles. The lowest BCUT2D eigenvalue weighted by atomic mass is 10.1. The second kappa shape index (κ2) is 8.81. The molecule has 2 aliphatic rings. The molecule has 0 spiro atoms. The number of hydrogen-bond acceptors (Lipinski definition) is 1. The van der Waals surface area contributed by atoms with E-state index in [4.69, 9.17) is 0 Å². The Hall–Kier alpha value is 0.0400. The van der Waals surface area contributed by atoms with Gasteiger partial charge in [-0.3, -0.25) is 0 Å². The third-order valence-corrected chi connectivity index (χ3v) is 16.7. The van der Waals surface area contributed by atoms with Crippen molar-refractivity contribution < 1.29 is 0 Å². The highest BCUT2D eigenvalue weighted by Gasteiger charge is 2.42. The molecule has 0 aliphatic carbocycles. The van der Waals surface area contributed by atoms with Gasteiger partial charge in [0.1, 0.15) is 0 Å². The summed E-state index contributed by atoms with van der Waals surface area (Å²) in [6.45, 7) is 9.82. The van der Waals surface area contributed by atoms with Gasteiger partial charge in [-0.2, -0.15) is 0 Å². The molecule has 4 atom stereocenters. The highest BCUT2D eigenvalue weighted by Crippen LogP contribution is 2.63. The lowest BCUT2D eigenvalue weighted by Gasteiger charge is -2.30. The van der Waals surface area contributed by atoms with Crippen LogP contribution in [-0.2, 0) is 0 Å². The van der Waals surface area contributed by atoms with Crippen LogP contribution in [0.15, 0.2) is 24.3 Å². The number of hydrogen-bond donors (Lipinski definition) is 0. The number of rotatable bonds is 6. The molecule has 0 saturated carbocycles. The van der Waals surface area contributed by atoms with Crippen molar-refractivity contribution in [2.75, 3.05) is 0 Å². The summed E-state index contributed by atoms with van der Waals surface area (Å²) in [5.41, 5.74) is 3.91. The van der Waals surface area contributed by atoms with Crippen molar-refractivity contribution in [2.24, 2.45) is 0 Å². The molecule has 4 rings (SSSR count). The average Bonchev–Trinajstić information content (AvgIpc) is 3.40. The van der Waals surface area contributed by atoms with Gasteiger partial charge in [-0.1, -0.05) is 61.7 Å². The summed E-state index contributed by atoms with van der Waals surface area (Å²) in [6.07, 6.45) is 11.5. The molecule has 2 fully saturated rings. The zero-order chi connectivity index (χ0) is 19.0. The molecule has 2 aromatic rings. The van der Waals surface area contributed by atoms with Gasteiger partial charge in [-0.25, -0.2) is 0 Å². The highest BCUT2D eigenvalue weighted by atomic mass is 32.1. The quantitative estimate of drug-likeness (QED) is 0.420. The minimum atomic E-state index is 0.0116. The smallest absolute Gasteiger partial charge is 0.0372 e. The van der Waals surface area contributed by atoms with E-state index < -0.39 is 0 Å². The summed E-state index contributed by atoms with van der Waals surface area (Å²) in [6, 6.07) is 9.44. The second-order valence-electron chi connectivity index (χ2n) is 8.47. The van der Waals surface area contributed by atoms with Gasteiger partial charge in [0.2, 0.25) is 0 Å². The van der Waals surface area contributed by atoms with Gasteiger partial charge in [0.25, 0.3) is 0 Å². The van der Waals surface area contributed by atoms with E-state index in [-0.39, 0.29) is 15.8 Å². The van der Waals surface area contributed by atoms with Crippen molar-refractivity contribution in [3.63, 3.8) is 0 Å². The van der Waals surface area contributed by atoms with Gasteiger partial charge in [-0.15, -0.1) is 11.3 Å². The van der Waals surface area contributed by atoms with E-state index in [1.54, 1.807) is 10.1 Å². The van der Waals surface area contributed by atoms with Crippen LogP contribution in [0.3, 0.4) is 0 Å². The monoisotopic (exact) mass is 418 g/mol. The molecule has 1 aromatic carbocycles. The Morgan fingerprint density at radius 3 is 1.74 bits per heavy atom. The van der Waals surface area contributed by atoms with Gasteiger partial charge in [-0.05, 0) is 80.1 Å². The Balaban J connectivity index is 1.89. The molecule has 0 unspecified atom stereocenters. The Morgan fingerprint density at radius 1 is 0.741 bits per heavy atom. The van der Waals surface area contributed by atoms with Gasteiger partial charge in [0, 0.05) is 20.0 Å². The zero-order valence-electron chi connectivity index (χ0n) is 17.6. The summed E-state index contributed by atoms with van der Waals surface area (Å²) in [7, 11) is 0.0472. The van der Waals surface area contributed by atoms with E-state index in [1.165, 1.54) is 51.4 Å². The maximum atomic E-state index is 2.47. The van der Waals surface area contributed by atoms with Crippen molar-refractivity contribution in [1.82, 2.24) is 0 Å². The van der Waals surface area contributed by atoms with Crippen molar-refractivity contribution in [1.29, 1.82) is 0 Å². The summed E-state index contributed by atoms with van der Waals surface area (Å²) < 4.78 is 3.49. The average molecular weight is 419 g/mol. The molecule has 0 bridgehead atoms. The maximum Gasteiger partial charge on any atom is 0.0372 e. The molecular formula is C24H36P2S. The highest BCUT2D eigenvalue weighted by molar-refractivity contribution is 7.79. The SMILES string of the molecule is CC[C@H]1CC[C@H](CC)P1c1sc2ccccc2c1P1[C@@H](CC)CC[C@@H]1CC. The lowest BCUT2D eigenvalue weighted by molar-refractivity contribution is 0.696. The predicted octanol–water partition coefficient (Wildman–Crippen LogP) is 7.82. The molecule has 27 heavy (non-hydrogen) atoms. The Bertz CT molecular complexity index is 743. The van der Waals surface area contributed by atoms with E-state index in [0.29, 0.717) is 0 Å². The summed E-state index contributed by atoms with van der Waals surface area (Å²) in [5.74, 6) is 0. The molecule has 3 heterocycles. The summed E-state index contributed by atoms with van der Waals surface area (Å²) >= 11 is 2.22. The fraction of sp³-hybridized carbons (Fsp3) is 0.667. The molecular weight excluding hydrogens is 382 g/mol. The third-order valence-electron chi connectivity index (χ3n) is 7.17. The third kappa shape index (κ3) is 3.56. The van der Waals surface area contributed by atoms with Crippen molar-refractivity contribution >= 4 is 47.2 Å². The van der Waals surface area contributed by atoms with E-state index in [0.717, 1.165) is 22.6 Å². The van der Waals surface area contributed by atoms with Gasteiger partial charge >= 0.3 is 0 Å². The molecule has 148 valence electrons. The standard InChI is InChI=1S/C24H36P2S/c1-5-17-13-14-18(6-2)25(17)23-21-11-9-10-12-22(21)27-24(23)26-19(7-3)15-16-20(26)8-4/h9-12,17-20H,5-8,13-16H2,1-4H3/t17-,18-,19-,20-/m0/s1. The number of fused-ring (bicyclic) bond motifs is 1. The first-order chi connectivity index (χ1) is 13.2. The van der Waals surface area contributed by atoms with Crippen LogP contribution in [0.2, 0.25) is 0 Å². The first-order valence-electron chi connectivity index (χ1n) is 11.3. The van der Waals surface area contributed by atoms with Crippen LogP contribution in [0.1, 0.15) is 79.1 Å². The molecule has 0 amide bonds. The van der Waals surface area contributed by atoms with E-state index in [9.17, 15) is 0 Å².